The van der Waals surface area contributed by atoms with E-state index in [1.165, 1.54) is 0 Å². The average Bonchev–Trinajstić information content (AvgIpc) is 3.34. The maximum atomic E-state index is 13.0. The highest BCUT2D eigenvalue weighted by molar-refractivity contribution is 7.45. The minimum Gasteiger partial charge on any atom is -0.506 e. The van der Waals surface area contributed by atoms with Gasteiger partial charge in [-0.1, -0.05) is 55.0 Å². The largest absolute Gasteiger partial charge is 0.506 e. The van der Waals surface area contributed by atoms with Crippen molar-refractivity contribution >= 4 is 46.9 Å². The van der Waals surface area contributed by atoms with Crippen LogP contribution in [0.15, 0.2) is 41.2 Å². The normalized spacial score (nSPS) is 11.5. The number of phosphoric acid groups is 1. The fourth-order valence-corrected chi connectivity index (χ4v) is 5.41. The van der Waals surface area contributed by atoms with E-state index in [9.17, 15) is 14.7 Å². The van der Waals surface area contributed by atoms with E-state index in [2.05, 4.69) is 29.0 Å². The van der Waals surface area contributed by atoms with Gasteiger partial charge >= 0.3 is 12.7 Å². The van der Waals surface area contributed by atoms with Crippen molar-refractivity contribution in [2.75, 3.05) is 59.0 Å². The number of likely N-dealkylation sites (N-methyl/N-ethyl adjacent to an activating group) is 1. The molecule has 0 saturated heterocycles. The Labute approximate surface area is 260 Å². The average molecular weight is 661 g/mol. The number of phenols is 1. The Morgan fingerprint density at radius 3 is 2.44 bits per heavy atom. The minimum absolute atomic E-state index is 0.0888. The number of phenolic OH excluding ortho intramolecular Hbond substituents is 1. The minimum atomic E-state index is -4.64. The van der Waals surface area contributed by atoms with Crippen molar-refractivity contribution in [3.05, 3.63) is 62.2 Å². The van der Waals surface area contributed by atoms with Gasteiger partial charge in [-0.25, -0.2) is 4.57 Å². The van der Waals surface area contributed by atoms with Crippen molar-refractivity contribution in [1.82, 2.24) is 20.1 Å². The summed E-state index contributed by atoms with van der Waals surface area (Å²) in [6, 6.07) is 11.2. The first-order valence-electron chi connectivity index (χ1n) is 14.1. The third-order valence-electron chi connectivity index (χ3n) is 6.59. The summed E-state index contributed by atoms with van der Waals surface area (Å²) < 4.78 is 15.4. The smallest absolute Gasteiger partial charge is 0.466 e. The number of nitrogens with zero attached hydrogens (tertiary/aromatic N) is 2. The molecule has 1 amide bonds. The van der Waals surface area contributed by atoms with Gasteiger partial charge in [0, 0.05) is 31.2 Å². The lowest BCUT2D eigenvalue weighted by Crippen LogP contribution is -2.42. The summed E-state index contributed by atoms with van der Waals surface area (Å²) in [7, 11) is -4.64. The second kappa shape index (κ2) is 19.1. The standard InChI is InChI=1S/C28H39ClN4O4S.H3O4P/c1-3-32(4-2)16-17-33(25(35)12-19-37-18-11-21-6-5-7-23(29)20-21)15-14-30-13-10-22-8-9-24(34)26-27(22)38-28(36)31-26;1-5(2,3)4/h5-9,20,30,34H,3-4,10-19H2,1-2H3,(H,31,36);(H3,1,2,3,4). The molecule has 1 aromatic heterocycles. The van der Waals surface area contributed by atoms with Crippen LogP contribution in [0.3, 0.4) is 0 Å². The van der Waals surface area contributed by atoms with Gasteiger partial charge in [0.25, 0.3) is 0 Å². The topological polar surface area (TPSA) is 176 Å². The summed E-state index contributed by atoms with van der Waals surface area (Å²) in [6.45, 7) is 10.6. The molecule has 0 aliphatic heterocycles. The van der Waals surface area contributed by atoms with Crippen LogP contribution in [-0.2, 0) is 26.9 Å². The van der Waals surface area contributed by atoms with Gasteiger partial charge in [0.05, 0.1) is 24.3 Å². The van der Waals surface area contributed by atoms with Crippen LogP contribution in [0.1, 0.15) is 31.4 Å². The Balaban J connectivity index is 0.00000119. The zero-order valence-electron chi connectivity index (χ0n) is 24.5. The lowest BCUT2D eigenvalue weighted by Gasteiger charge is -2.27. The number of thiazole rings is 1. The molecule has 3 rings (SSSR count). The molecule has 0 radical (unpaired) electrons. The molecule has 6 N–H and O–H groups in total. The Morgan fingerprint density at radius 1 is 1.05 bits per heavy atom. The first kappa shape index (κ1) is 36.9. The second-order valence-electron chi connectivity index (χ2n) is 9.63. The SMILES string of the molecule is CCN(CC)CCN(CCNCCc1ccc(O)c2[nH]c(=O)sc12)C(=O)CCOCCc1cccc(Cl)c1.O=P(O)(O)O. The summed E-state index contributed by atoms with van der Waals surface area (Å²) in [6.07, 6.45) is 1.83. The molecule has 0 atom stereocenters. The number of aromatic hydroxyl groups is 1. The summed E-state index contributed by atoms with van der Waals surface area (Å²) in [5.74, 6) is 0.185. The fraction of sp³-hybridized carbons (Fsp3) is 0.500. The van der Waals surface area contributed by atoms with Crippen molar-refractivity contribution < 1.29 is 33.9 Å². The molecule has 0 saturated carbocycles. The lowest BCUT2D eigenvalue weighted by atomic mass is 10.1. The second-order valence-corrected chi connectivity index (χ2v) is 12.1. The first-order valence-corrected chi connectivity index (χ1v) is 16.8. The molecule has 1 heterocycles. The highest BCUT2D eigenvalue weighted by Crippen LogP contribution is 2.28. The predicted octanol–water partition coefficient (Wildman–Crippen LogP) is 2.97. The summed E-state index contributed by atoms with van der Waals surface area (Å²) in [4.78, 5) is 53.0. The van der Waals surface area contributed by atoms with Crippen LogP contribution in [0, 0.1) is 0 Å². The molecular formula is C28H42ClN4O8PS. The number of nitrogens with one attached hydrogen (secondary N) is 2. The highest BCUT2D eigenvalue weighted by Gasteiger charge is 2.15. The van der Waals surface area contributed by atoms with E-state index < -0.39 is 7.82 Å². The van der Waals surface area contributed by atoms with E-state index >= 15 is 0 Å². The number of hydrogen-bond donors (Lipinski definition) is 6. The Hall–Kier alpha value is -2.32. The molecule has 12 nitrogen and oxygen atoms in total. The number of halogens is 1. The van der Waals surface area contributed by atoms with Crippen LogP contribution >= 0.6 is 30.8 Å². The zero-order chi connectivity index (χ0) is 31.8. The number of rotatable bonds is 17. The Kier molecular flexibility index (Phi) is 16.4. The number of aromatic amines is 1. The van der Waals surface area contributed by atoms with E-state index in [-0.39, 0.29) is 16.5 Å². The van der Waals surface area contributed by atoms with Crippen molar-refractivity contribution in [2.45, 2.75) is 33.1 Å². The van der Waals surface area contributed by atoms with E-state index in [1.54, 1.807) is 6.07 Å². The molecule has 0 aliphatic carbocycles. The van der Waals surface area contributed by atoms with E-state index in [0.717, 1.165) is 59.6 Å². The number of carbonyl (C=O) groups is 1. The molecule has 0 spiro atoms. The molecule has 0 fully saturated rings. The highest BCUT2D eigenvalue weighted by atomic mass is 35.5. The van der Waals surface area contributed by atoms with Gasteiger partial charge in [-0.05, 0) is 61.8 Å². The molecule has 15 heteroatoms. The van der Waals surface area contributed by atoms with Crippen LogP contribution < -0.4 is 10.2 Å². The fourth-order valence-electron chi connectivity index (χ4n) is 4.30. The number of ether oxygens (including phenoxy) is 1. The van der Waals surface area contributed by atoms with Crippen LogP contribution in [0.4, 0.5) is 0 Å². The van der Waals surface area contributed by atoms with E-state index in [4.69, 9.17) is 35.6 Å². The number of benzene rings is 2. The first-order chi connectivity index (χ1) is 20.4. The van der Waals surface area contributed by atoms with E-state index in [0.29, 0.717) is 56.4 Å². The monoisotopic (exact) mass is 660 g/mol. The molecule has 0 aliphatic rings. The Morgan fingerprint density at radius 2 is 1.77 bits per heavy atom. The van der Waals surface area contributed by atoms with Crippen LogP contribution in [0.25, 0.3) is 10.2 Å². The number of carbonyl (C=O) groups excluding carboxylic acids is 1. The number of amides is 1. The summed E-state index contributed by atoms with van der Waals surface area (Å²) in [5.41, 5.74) is 2.63. The van der Waals surface area contributed by atoms with Gasteiger partial charge in [0.1, 0.15) is 11.3 Å². The van der Waals surface area contributed by atoms with Crippen LogP contribution in [0.2, 0.25) is 5.02 Å². The number of fused-ring (bicyclic) bond motifs is 1. The van der Waals surface area contributed by atoms with Crippen LogP contribution in [-0.4, -0.2) is 99.5 Å². The molecule has 240 valence electrons. The Bertz CT molecular complexity index is 1370. The number of H-pyrrole nitrogens is 1. The van der Waals surface area contributed by atoms with Crippen molar-refractivity contribution in [1.29, 1.82) is 0 Å². The van der Waals surface area contributed by atoms with Gasteiger partial charge in [0.2, 0.25) is 5.91 Å². The van der Waals surface area contributed by atoms with Crippen molar-refractivity contribution in [2.24, 2.45) is 0 Å². The van der Waals surface area contributed by atoms with Crippen molar-refractivity contribution in [3.63, 3.8) is 0 Å². The quantitative estimate of drug-likeness (QED) is 0.0933. The summed E-state index contributed by atoms with van der Waals surface area (Å²) >= 11 is 7.15. The third kappa shape index (κ3) is 14.8. The van der Waals surface area contributed by atoms with E-state index in [1.807, 2.05) is 35.2 Å². The molecule has 43 heavy (non-hydrogen) atoms. The molecule has 2 aromatic carbocycles. The van der Waals surface area contributed by atoms with Crippen LogP contribution in [0.5, 0.6) is 5.75 Å². The third-order valence-corrected chi connectivity index (χ3v) is 7.78. The van der Waals surface area contributed by atoms with Gasteiger partial charge in [-0.2, -0.15) is 0 Å². The maximum absolute atomic E-state index is 13.0. The molecule has 0 unspecified atom stereocenters. The van der Waals surface area contributed by atoms with Crippen molar-refractivity contribution in [3.8, 4) is 5.75 Å². The molecular weight excluding hydrogens is 619 g/mol. The number of aromatic nitrogens is 1. The zero-order valence-corrected chi connectivity index (χ0v) is 27.0. The molecule has 0 bridgehead atoms. The summed E-state index contributed by atoms with van der Waals surface area (Å²) in [5, 5.41) is 14.1. The lowest BCUT2D eigenvalue weighted by molar-refractivity contribution is -0.132. The molecule has 3 aromatic rings. The predicted molar refractivity (Wildman–Crippen MR) is 170 cm³/mol. The van der Waals surface area contributed by atoms with Gasteiger partial charge in [-0.15, -0.1) is 0 Å². The van der Waals surface area contributed by atoms with Gasteiger partial charge in [0.15, 0.2) is 0 Å². The number of hydrogen-bond acceptors (Lipinski definition) is 8. The van der Waals surface area contributed by atoms with Gasteiger partial charge < -0.3 is 44.6 Å². The van der Waals surface area contributed by atoms with Gasteiger partial charge in [-0.3, -0.25) is 9.59 Å². The maximum Gasteiger partial charge on any atom is 0.466 e.